The number of carboxylic acids is 1. The Morgan fingerprint density at radius 3 is 2.70 bits per heavy atom. The number of aliphatic hydroxyl groups excluding tert-OH is 2. The number of fused-ring (bicyclic) bond motifs is 2. The van der Waals surface area contributed by atoms with E-state index < -0.39 is 29.5 Å². The summed E-state index contributed by atoms with van der Waals surface area (Å²) in [7, 11) is 0. The van der Waals surface area contributed by atoms with Crippen molar-refractivity contribution in [3.8, 4) is 0 Å². The van der Waals surface area contributed by atoms with E-state index in [0.29, 0.717) is 12.8 Å². The van der Waals surface area contributed by atoms with Crippen LogP contribution in [0.1, 0.15) is 30.9 Å². The Labute approximate surface area is 118 Å². The van der Waals surface area contributed by atoms with Gasteiger partial charge in [-0.05, 0) is 36.3 Å². The van der Waals surface area contributed by atoms with Crippen LogP contribution in [0.3, 0.4) is 0 Å². The fourth-order valence-electron chi connectivity index (χ4n) is 4.13. The molecule has 0 unspecified atom stereocenters. The van der Waals surface area contributed by atoms with Crippen LogP contribution < -0.4 is 0 Å². The smallest absolute Gasteiger partial charge is 0.307 e. The summed E-state index contributed by atoms with van der Waals surface area (Å²) in [5.74, 6) is -1.54. The lowest BCUT2D eigenvalue weighted by atomic mass is 9.60. The van der Waals surface area contributed by atoms with Gasteiger partial charge in [0.25, 0.3) is 0 Å². The molecule has 1 spiro atoms. The van der Waals surface area contributed by atoms with Gasteiger partial charge in [0.1, 0.15) is 0 Å². The maximum Gasteiger partial charge on any atom is 0.307 e. The van der Waals surface area contributed by atoms with E-state index in [1.807, 2.05) is 31.2 Å². The van der Waals surface area contributed by atoms with E-state index in [-0.39, 0.29) is 5.92 Å². The van der Waals surface area contributed by atoms with Gasteiger partial charge in [0.2, 0.25) is 0 Å². The van der Waals surface area contributed by atoms with Gasteiger partial charge in [0.05, 0.1) is 18.1 Å². The number of carbonyl (C=O) groups is 1. The van der Waals surface area contributed by atoms with Crippen molar-refractivity contribution in [3.05, 3.63) is 35.4 Å². The van der Waals surface area contributed by atoms with Gasteiger partial charge in [-0.3, -0.25) is 4.79 Å². The lowest BCUT2D eigenvalue weighted by molar-refractivity contribution is -0.153. The van der Waals surface area contributed by atoms with Crippen LogP contribution in [-0.4, -0.2) is 33.5 Å². The van der Waals surface area contributed by atoms with Crippen molar-refractivity contribution in [1.29, 1.82) is 0 Å². The molecule has 4 heteroatoms. The zero-order valence-electron chi connectivity index (χ0n) is 11.5. The molecule has 108 valence electrons. The van der Waals surface area contributed by atoms with E-state index in [4.69, 9.17) is 0 Å². The standard InChI is InChI=1S/C16H20O4/c1-9-6-7-16(14(18)13(9)17)11-5-3-2-4-10(11)8-12(16)15(19)20/h2-5,9,12-14,17-18H,6-8H2,1H3,(H,19,20)/t9-,12+,13+,14+,16-/m0/s1. The number of carboxylic acid groups (broad SMARTS) is 1. The highest BCUT2D eigenvalue weighted by Crippen LogP contribution is 2.53. The minimum atomic E-state index is -1.02. The Kier molecular flexibility index (Phi) is 3.10. The average Bonchev–Trinajstić information content (AvgIpc) is 2.77. The molecule has 1 saturated carbocycles. The molecule has 2 aliphatic rings. The summed E-state index contributed by atoms with van der Waals surface area (Å²) in [5.41, 5.74) is 1.06. The first-order valence-corrected chi connectivity index (χ1v) is 7.16. The predicted molar refractivity (Wildman–Crippen MR) is 73.4 cm³/mol. The molecule has 0 aromatic heterocycles. The Morgan fingerprint density at radius 1 is 1.30 bits per heavy atom. The van der Waals surface area contributed by atoms with Gasteiger partial charge >= 0.3 is 5.97 Å². The second kappa shape index (κ2) is 4.57. The van der Waals surface area contributed by atoms with Gasteiger partial charge in [0, 0.05) is 5.41 Å². The molecule has 20 heavy (non-hydrogen) atoms. The average molecular weight is 276 g/mol. The van der Waals surface area contributed by atoms with Crippen molar-refractivity contribution < 1.29 is 20.1 Å². The number of aliphatic hydroxyl groups is 2. The molecule has 1 aromatic rings. The summed E-state index contributed by atoms with van der Waals surface area (Å²) < 4.78 is 0. The van der Waals surface area contributed by atoms with E-state index in [1.165, 1.54) is 0 Å². The molecule has 0 radical (unpaired) electrons. The van der Waals surface area contributed by atoms with Gasteiger partial charge in [0.15, 0.2) is 0 Å². The van der Waals surface area contributed by atoms with E-state index in [2.05, 4.69) is 0 Å². The minimum absolute atomic E-state index is 0.00201. The number of hydrogen-bond donors (Lipinski definition) is 3. The third-order valence-electron chi connectivity index (χ3n) is 5.31. The second-order valence-corrected chi connectivity index (χ2v) is 6.24. The van der Waals surface area contributed by atoms with E-state index in [9.17, 15) is 20.1 Å². The number of rotatable bonds is 1. The highest BCUT2D eigenvalue weighted by Gasteiger charge is 2.58. The van der Waals surface area contributed by atoms with E-state index >= 15 is 0 Å². The summed E-state index contributed by atoms with van der Waals surface area (Å²) in [6.07, 6.45) is -0.104. The molecule has 0 saturated heterocycles. The molecular formula is C16H20O4. The Hall–Kier alpha value is -1.39. The van der Waals surface area contributed by atoms with Gasteiger partial charge in [-0.2, -0.15) is 0 Å². The monoisotopic (exact) mass is 276 g/mol. The SMILES string of the molecule is C[C@H]1CC[C@@]2(c3ccccc3C[C@@H]2C(=O)O)[C@H](O)[C@@H]1O. The normalized spacial score (nSPS) is 39.8. The van der Waals surface area contributed by atoms with Gasteiger partial charge in [-0.15, -0.1) is 0 Å². The van der Waals surface area contributed by atoms with Gasteiger partial charge < -0.3 is 15.3 Å². The number of aliphatic carboxylic acids is 1. The fraction of sp³-hybridized carbons (Fsp3) is 0.562. The largest absolute Gasteiger partial charge is 0.481 e. The summed E-state index contributed by atoms with van der Waals surface area (Å²) >= 11 is 0. The summed E-state index contributed by atoms with van der Waals surface area (Å²) in [4.78, 5) is 11.7. The van der Waals surface area contributed by atoms with Crippen LogP contribution in [0.5, 0.6) is 0 Å². The highest BCUT2D eigenvalue weighted by molar-refractivity contribution is 5.75. The molecule has 0 amide bonds. The molecule has 1 fully saturated rings. The Morgan fingerprint density at radius 2 is 2.00 bits per heavy atom. The molecule has 1 aromatic carbocycles. The molecule has 0 heterocycles. The van der Waals surface area contributed by atoms with Crippen LogP contribution >= 0.6 is 0 Å². The lowest BCUT2D eigenvalue weighted by Gasteiger charge is -2.47. The topological polar surface area (TPSA) is 77.8 Å². The molecule has 4 nitrogen and oxygen atoms in total. The van der Waals surface area contributed by atoms with E-state index in [0.717, 1.165) is 17.5 Å². The van der Waals surface area contributed by atoms with Crippen molar-refractivity contribution in [1.82, 2.24) is 0 Å². The van der Waals surface area contributed by atoms with Gasteiger partial charge in [-0.1, -0.05) is 31.2 Å². The van der Waals surface area contributed by atoms with Crippen molar-refractivity contribution in [2.24, 2.45) is 11.8 Å². The van der Waals surface area contributed by atoms with Crippen LogP contribution in [0.25, 0.3) is 0 Å². The zero-order chi connectivity index (χ0) is 14.5. The zero-order valence-corrected chi connectivity index (χ0v) is 11.5. The quantitative estimate of drug-likeness (QED) is 0.723. The third-order valence-corrected chi connectivity index (χ3v) is 5.31. The Balaban J connectivity index is 2.14. The van der Waals surface area contributed by atoms with Crippen LogP contribution in [0.15, 0.2) is 24.3 Å². The molecule has 3 N–H and O–H groups in total. The van der Waals surface area contributed by atoms with Gasteiger partial charge in [-0.25, -0.2) is 0 Å². The highest BCUT2D eigenvalue weighted by atomic mass is 16.4. The maximum absolute atomic E-state index is 11.7. The van der Waals surface area contributed by atoms with Crippen LogP contribution in [0.2, 0.25) is 0 Å². The maximum atomic E-state index is 11.7. The molecule has 3 rings (SSSR count). The predicted octanol–water partition coefficient (Wildman–Crippen LogP) is 1.33. The van der Waals surface area contributed by atoms with Crippen LogP contribution in [0, 0.1) is 11.8 Å². The first-order valence-electron chi connectivity index (χ1n) is 7.16. The summed E-state index contributed by atoms with van der Waals surface area (Å²) in [6, 6.07) is 7.61. The molecule has 5 atom stereocenters. The Bertz CT molecular complexity index is 541. The lowest BCUT2D eigenvalue weighted by Crippen LogP contribution is -2.56. The van der Waals surface area contributed by atoms with Crippen molar-refractivity contribution >= 4 is 5.97 Å². The minimum Gasteiger partial charge on any atom is -0.481 e. The number of benzene rings is 1. The second-order valence-electron chi connectivity index (χ2n) is 6.24. The fourth-order valence-corrected chi connectivity index (χ4v) is 4.13. The first-order chi connectivity index (χ1) is 9.48. The summed E-state index contributed by atoms with van der Waals surface area (Å²) in [6.45, 7) is 1.90. The third kappa shape index (κ3) is 1.64. The van der Waals surface area contributed by atoms with Crippen molar-refractivity contribution in [3.63, 3.8) is 0 Å². The number of hydrogen-bond acceptors (Lipinski definition) is 3. The molecular weight excluding hydrogens is 256 g/mol. The summed E-state index contributed by atoms with van der Waals surface area (Å²) in [5, 5.41) is 30.5. The van der Waals surface area contributed by atoms with Crippen LogP contribution in [0.4, 0.5) is 0 Å². The van der Waals surface area contributed by atoms with Crippen molar-refractivity contribution in [2.75, 3.05) is 0 Å². The first kappa shape index (κ1) is 13.6. The van der Waals surface area contributed by atoms with Crippen LogP contribution in [-0.2, 0) is 16.6 Å². The molecule has 2 aliphatic carbocycles. The van der Waals surface area contributed by atoms with Crippen molar-refractivity contribution in [2.45, 2.75) is 43.8 Å². The van der Waals surface area contributed by atoms with E-state index in [1.54, 1.807) is 0 Å². The molecule has 0 aliphatic heterocycles. The molecule has 0 bridgehead atoms.